The third-order valence-corrected chi connectivity index (χ3v) is 8.10. The maximum Gasteiger partial charge on any atom is 0.338 e. The number of allylic oxidation sites excluding steroid dienone is 2. The van der Waals surface area contributed by atoms with Crippen LogP contribution in [0.15, 0.2) is 75.5 Å². The van der Waals surface area contributed by atoms with Gasteiger partial charge >= 0.3 is 5.97 Å². The Bertz CT molecular complexity index is 1670. The van der Waals surface area contributed by atoms with Crippen molar-refractivity contribution < 1.29 is 9.53 Å². The van der Waals surface area contributed by atoms with Crippen LogP contribution in [0.3, 0.4) is 0 Å². The van der Waals surface area contributed by atoms with Crippen molar-refractivity contribution in [2.75, 3.05) is 6.61 Å². The largest absolute Gasteiger partial charge is 0.463 e. The fourth-order valence-corrected chi connectivity index (χ4v) is 6.49. The maximum atomic E-state index is 13.8. The van der Waals surface area contributed by atoms with Crippen molar-refractivity contribution in [3.63, 3.8) is 0 Å². The molecule has 1 aliphatic heterocycles. The minimum Gasteiger partial charge on any atom is -0.463 e. The van der Waals surface area contributed by atoms with Gasteiger partial charge in [-0.05, 0) is 44.4 Å². The van der Waals surface area contributed by atoms with Crippen LogP contribution in [0.25, 0.3) is 17.0 Å². The fourth-order valence-electron chi connectivity index (χ4n) is 4.64. The highest BCUT2D eigenvalue weighted by Crippen LogP contribution is 2.33. The second kappa shape index (κ2) is 9.28. The van der Waals surface area contributed by atoms with Crippen molar-refractivity contribution in [3.8, 4) is 0 Å². The highest BCUT2D eigenvalue weighted by Gasteiger charge is 2.34. The third kappa shape index (κ3) is 3.83. The number of carbonyl (C=O) groups excluding carboxylic acids is 1. The maximum absolute atomic E-state index is 13.8. The van der Waals surface area contributed by atoms with E-state index in [4.69, 9.17) is 4.74 Å². The number of thiazole rings is 1. The number of thiophene rings is 1. The summed E-state index contributed by atoms with van der Waals surface area (Å²) in [7, 11) is 0. The van der Waals surface area contributed by atoms with E-state index in [2.05, 4.69) is 35.2 Å². The average molecular weight is 504 g/mol. The van der Waals surface area contributed by atoms with Gasteiger partial charge in [0.2, 0.25) is 0 Å². The van der Waals surface area contributed by atoms with Gasteiger partial charge in [0.25, 0.3) is 5.56 Å². The molecular formula is C27H25N3O3S2. The summed E-state index contributed by atoms with van der Waals surface area (Å²) in [6, 6.07) is 11.5. The Morgan fingerprint density at radius 1 is 1.23 bits per heavy atom. The lowest BCUT2D eigenvalue weighted by Crippen LogP contribution is -2.39. The third-order valence-electron chi connectivity index (χ3n) is 6.20. The molecule has 0 aliphatic carbocycles. The highest BCUT2D eigenvalue weighted by atomic mass is 32.1. The van der Waals surface area contributed by atoms with Crippen molar-refractivity contribution in [2.24, 2.45) is 4.99 Å². The Morgan fingerprint density at radius 2 is 2.03 bits per heavy atom. The molecule has 1 aromatic carbocycles. The van der Waals surface area contributed by atoms with E-state index in [1.54, 1.807) is 18.4 Å². The molecule has 0 radical (unpaired) electrons. The van der Waals surface area contributed by atoms with Crippen LogP contribution in [0, 0.1) is 6.92 Å². The van der Waals surface area contributed by atoms with Gasteiger partial charge in [0.05, 0.1) is 22.4 Å². The van der Waals surface area contributed by atoms with Crippen LogP contribution in [0.5, 0.6) is 0 Å². The molecular weight excluding hydrogens is 478 g/mol. The molecule has 0 amide bonds. The molecule has 6 nitrogen and oxygen atoms in total. The van der Waals surface area contributed by atoms with Gasteiger partial charge in [0.15, 0.2) is 4.80 Å². The topological polar surface area (TPSA) is 65.6 Å². The minimum atomic E-state index is -0.560. The Balaban J connectivity index is 1.76. The predicted octanol–water partition coefficient (Wildman–Crippen LogP) is 4.31. The zero-order valence-corrected chi connectivity index (χ0v) is 21.4. The molecule has 3 aromatic heterocycles. The van der Waals surface area contributed by atoms with Crippen LogP contribution in [-0.2, 0) is 16.1 Å². The lowest BCUT2D eigenvalue weighted by molar-refractivity contribution is -0.139. The van der Waals surface area contributed by atoms with Gasteiger partial charge in [-0.25, -0.2) is 9.79 Å². The molecule has 1 aliphatic rings. The summed E-state index contributed by atoms with van der Waals surface area (Å²) in [5.41, 5.74) is 3.99. The van der Waals surface area contributed by atoms with Gasteiger partial charge < -0.3 is 9.30 Å². The number of ether oxygens (including phenoxy) is 1. The molecule has 8 heteroatoms. The molecule has 35 heavy (non-hydrogen) atoms. The number of hydrogen-bond donors (Lipinski definition) is 0. The first kappa shape index (κ1) is 23.3. The minimum absolute atomic E-state index is 0.165. The number of para-hydroxylation sites is 1. The molecule has 0 saturated carbocycles. The van der Waals surface area contributed by atoms with Crippen LogP contribution < -0.4 is 14.9 Å². The quantitative estimate of drug-likeness (QED) is 0.291. The Hall–Kier alpha value is -3.49. The van der Waals surface area contributed by atoms with Crippen LogP contribution in [0.1, 0.15) is 36.0 Å². The number of fused-ring (bicyclic) bond motifs is 2. The van der Waals surface area contributed by atoms with Crippen molar-refractivity contribution >= 4 is 45.6 Å². The van der Waals surface area contributed by atoms with E-state index in [1.807, 2.05) is 41.8 Å². The number of carbonyl (C=O) groups is 1. The van der Waals surface area contributed by atoms with Crippen LogP contribution >= 0.6 is 22.7 Å². The summed E-state index contributed by atoms with van der Waals surface area (Å²) in [5.74, 6) is -0.440. The van der Waals surface area contributed by atoms with Gasteiger partial charge in [-0.1, -0.05) is 41.7 Å². The van der Waals surface area contributed by atoms with Gasteiger partial charge in [-0.2, -0.15) is 0 Å². The average Bonchev–Trinajstić information content (AvgIpc) is 3.54. The highest BCUT2D eigenvalue weighted by molar-refractivity contribution is 7.10. The second-order valence-corrected chi connectivity index (χ2v) is 10.2. The summed E-state index contributed by atoms with van der Waals surface area (Å²) >= 11 is 2.85. The van der Waals surface area contributed by atoms with E-state index >= 15 is 0 Å². The summed E-state index contributed by atoms with van der Waals surface area (Å²) in [6.07, 6.45) is 3.83. The van der Waals surface area contributed by atoms with E-state index in [0.29, 0.717) is 27.1 Å². The van der Waals surface area contributed by atoms with Crippen LogP contribution in [0.2, 0.25) is 0 Å². The van der Waals surface area contributed by atoms with Crippen molar-refractivity contribution in [1.29, 1.82) is 0 Å². The summed E-state index contributed by atoms with van der Waals surface area (Å²) < 4.78 is 9.76. The first-order valence-corrected chi connectivity index (χ1v) is 13.1. The number of hydrogen-bond acceptors (Lipinski definition) is 6. The molecule has 0 N–H and O–H groups in total. The Kier molecular flexibility index (Phi) is 6.17. The monoisotopic (exact) mass is 503 g/mol. The number of nitrogens with zero attached hydrogens (tertiary/aromatic N) is 3. The lowest BCUT2D eigenvalue weighted by Gasteiger charge is -2.23. The van der Waals surface area contributed by atoms with Crippen LogP contribution in [-0.4, -0.2) is 21.7 Å². The molecule has 4 aromatic rings. The van der Waals surface area contributed by atoms with Crippen molar-refractivity contribution in [1.82, 2.24) is 9.13 Å². The molecule has 4 heterocycles. The van der Waals surface area contributed by atoms with Gasteiger partial charge in [0.1, 0.15) is 6.04 Å². The molecule has 1 unspecified atom stereocenters. The standard InChI is InChI=1S/C27H25N3O3S2/c1-5-13-29-17(4)19(18-10-7-8-11-20(18)29)15-22-25(31)30-24(21-12-9-14-34-21)23(26(32)33-6-2)16(3)28-27(30)35-22/h5,7-12,14-15,24H,1,6,13H2,2-4H3/b22-15+. The van der Waals surface area contributed by atoms with E-state index < -0.39 is 12.0 Å². The number of aromatic nitrogens is 2. The SMILES string of the molecule is C=CCn1c(C)c(/C=c2/sc3n(c2=O)C(c2cccs2)C(C(=O)OCC)=C(C)N=3)c2ccccc21. The summed E-state index contributed by atoms with van der Waals surface area (Å²) in [4.78, 5) is 32.9. The van der Waals surface area contributed by atoms with Crippen LogP contribution in [0.4, 0.5) is 0 Å². The number of esters is 1. The Labute approximate surface area is 210 Å². The molecule has 1 atom stereocenters. The van der Waals surface area contributed by atoms with E-state index in [0.717, 1.165) is 27.0 Å². The smallest absolute Gasteiger partial charge is 0.338 e. The molecule has 0 bridgehead atoms. The molecule has 0 spiro atoms. The normalized spacial score (nSPS) is 15.9. The molecule has 178 valence electrons. The zero-order chi connectivity index (χ0) is 24.7. The first-order valence-electron chi connectivity index (χ1n) is 11.4. The number of benzene rings is 1. The zero-order valence-electron chi connectivity index (χ0n) is 19.8. The fraction of sp³-hybridized carbons (Fsp3) is 0.222. The van der Waals surface area contributed by atoms with E-state index in [9.17, 15) is 9.59 Å². The van der Waals surface area contributed by atoms with Crippen molar-refractivity contribution in [3.05, 3.63) is 102 Å². The van der Waals surface area contributed by atoms with Gasteiger partial charge in [-0.3, -0.25) is 9.36 Å². The predicted molar refractivity (Wildman–Crippen MR) is 142 cm³/mol. The van der Waals surface area contributed by atoms with Gasteiger partial charge in [-0.15, -0.1) is 17.9 Å². The first-order chi connectivity index (χ1) is 17.0. The van der Waals surface area contributed by atoms with E-state index in [1.165, 1.54) is 22.7 Å². The Morgan fingerprint density at radius 3 is 2.74 bits per heavy atom. The number of rotatable bonds is 6. The molecule has 5 rings (SSSR count). The summed E-state index contributed by atoms with van der Waals surface area (Å²) in [5, 5.41) is 3.03. The molecule has 0 fully saturated rings. The summed E-state index contributed by atoms with van der Waals surface area (Å²) in [6.45, 7) is 10.5. The lowest BCUT2D eigenvalue weighted by atomic mass is 10.0. The second-order valence-electron chi connectivity index (χ2n) is 8.23. The van der Waals surface area contributed by atoms with E-state index in [-0.39, 0.29) is 12.2 Å². The molecule has 0 saturated heterocycles. The van der Waals surface area contributed by atoms with Crippen molar-refractivity contribution in [2.45, 2.75) is 33.4 Å². The van der Waals surface area contributed by atoms with Gasteiger partial charge in [0, 0.05) is 33.6 Å².